The molecule has 1 heterocycles. The van der Waals surface area contributed by atoms with Crippen molar-refractivity contribution in [3.63, 3.8) is 0 Å². The van der Waals surface area contributed by atoms with Gasteiger partial charge in [0.15, 0.2) is 5.82 Å². The van der Waals surface area contributed by atoms with Crippen LogP contribution in [0.2, 0.25) is 0 Å². The summed E-state index contributed by atoms with van der Waals surface area (Å²) in [5.74, 6) is 1.05. The maximum atomic E-state index is 12.5. The van der Waals surface area contributed by atoms with Gasteiger partial charge in [0.05, 0.1) is 0 Å². The summed E-state index contributed by atoms with van der Waals surface area (Å²) in [7, 11) is 0. The number of carbonyl (C=O) groups is 2. The Morgan fingerprint density at radius 1 is 1.20 bits per heavy atom. The third-order valence-electron chi connectivity index (χ3n) is 3.52. The SMILES string of the molecule is Cc1cc(NC(=O)CN(CCC(C)C)C(=O)Nc2ccccc2)no1. The Hall–Kier alpha value is -2.83. The zero-order valence-electron chi connectivity index (χ0n) is 14.8. The molecule has 7 nitrogen and oxygen atoms in total. The molecule has 2 N–H and O–H groups in total. The predicted octanol–water partition coefficient (Wildman–Crippen LogP) is 3.50. The van der Waals surface area contributed by atoms with Crippen molar-refractivity contribution < 1.29 is 14.1 Å². The number of nitrogens with one attached hydrogen (secondary N) is 2. The van der Waals surface area contributed by atoms with E-state index >= 15 is 0 Å². The topological polar surface area (TPSA) is 87.5 Å². The lowest BCUT2D eigenvalue weighted by Gasteiger charge is -2.23. The number of aryl methyl sites for hydroxylation is 1. The largest absolute Gasteiger partial charge is 0.360 e. The van der Waals surface area contributed by atoms with Gasteiger partial charge in [0.1, 0.15) is 12.3 Å². The highest BCUT2D eigenvalue weighted by atomic mass is 16.5. The Labute approximate surface area is 147 Å². The van der Waals surface area contributed by atoms with Crippen LogP contribution in [0.25, 0.3) is 0 Å². The summed E-state index contributed by atoms with van der Waals surface area (Å²) in [4.78, 5) is 26.2. The minimum Gasteiger partial charge on any atom is -0.360 e. The van der Waals surface area contributed by atoms with E-state index in [9.17, 15) is 9.59 Å². The van der Waals surface area contributed by atoms with E-state index in [4.69, 9.17) is 4.52 Å². The van der Waals surface area contributed by atoms with Crippen molar-refractivity contribution in [1.29, 1.82) is 0 Å². The van der Waals surface area contributed by atoms with E-state index in [1.54, 1.807) is 25.1 Å². The Kier molecular flexibility index (Phi) is 6.56. The summed E-state index contributed by atoms with van der Waals surface area (Å²) in [6.07, 6.45) is 0.804. The molecular formula is C18H24N4O3. The number of nitrogens with zero attached hydrogens (tertiary/aromatic N) is 2. The number of carbonyl (C=O) groups excluding carboxylic acids is 2. The molecule has 0 atom stereocenters. The molecule has 3 amide bonds. The molecule has 25 heavy (non-hydrogen) atoms. The highest BCUT2D eigenvalue weighted by Gasteiger charge is 2.18. The molecule has 0 saturated carbocycles. The van der Waals surface area contributed by atoms with Gasteiger partial charge in [-0.3, -0.25) is 4.79 Å². The van der Waals surface area contributed by atoms with Crippen molar-refractivity contribution in [2.24, 2.45) is 5.92 Å². The molecule has 0 aliphatic rings. The molecule has 2 aromatic rings. The van der Waals surface area contributed by atoms with E-state index in [0.29, 0.717) is 29.7 Å². The van der Waals surface area contributed by atoms with E-state index in [1.165, 1.54) is 4.90 Å². The zero-order chi connectivity index (χ0) is 18.2. The second-order valence-corrected chi connectivity index (χ2v) is 6.27. The molecule has 1 aromatic carbocycles. The lowest BCUT2D eigenvalue weighted by atomic mass is 10.1. The van der Waals surface area contributed by atoms with Gasteiger partial charge in [-0.1, -0.05) is 37.2 Å². The fourth-order valence-corrected chi connectivity index (χ4v) is 2.17. The smallest absolute Gasteiger partial charge is 0.322 e. The summed E-state index contributed by atoms with van der Waals surface area (Å²) in [5.41, 5.74) is 0.689. The van der Waals surface area contributed by atoms with E-state index in [0.717, 1.165) is 6.42 Å². The third kappa shape index (κ3) is 6.29. The van der Waals surface area contributed by atoms with E-state index < -0.39 is 0 Å². The Morgan fingerprint density at radius 2 is 1.92 bits per heavy atom. The number of para-hydroxylation sites is 1. The molecule has 1 aromatic heterocycles. The minimum absolute atomic E-state index is 0.0582. The van der Waals surface area contributed by atoms with Gasteiger partial charge in [0.25, 0.3) is 0 Å². The number of hydrogen-bond donors (Lipinski definition) is 2. The van der Waals surface area contributed by atoms with Crippen LogP contribution in [-0.2, 0) is 4.79 Å². The van der Waals surface area contributed by atoms with Crippen LogP contribution in [0, 0.1) is 12.8 Å². The number of anilines is 2. The second kappa shape index (κ2) is 8.86. The lowest BCUT2D eigenvalue weighted by molar-refractivity contribution is -0.116. The van der Waals surface area contributed by atoms with Crippen molar-refractivity contribution in [2.75, 3.05) is 23.7 Å². The van der Waals surface area contributed by atoms with Crippen LogP contribution >= 0.6 is 0 Å². The summed E-state index contributed by atoms with van der Waals surface area (Å²) < 4.78 is 4.92. The first-order valence-corrected chi connectivity index (χ1v) is 8.28. The maximum absolute atomic E-state index is 12.5. The van der Waals surface area contributed by atoms with E-state index in [-0.39, 0.29) is 18.5 Å². The predicted molar refractivity (Wildman–Crippen MR) is 96.4 cm³/mol. The number of amides is 3. The Morgan fingerprint density at radius 3 is 2.52 bits per heavy atom. The number of urea groups is 1. The van der Waals surface area contributed by atoms with Gasteiger partial charge in [0.2, 0.25) is 5.91 Å². The van der Waals surface area contributed by atoms with Gasteiger partial charge in [-0.05, 0) is 31.4 Å². The highest BCUT2D eigenvalue weighted by Crippen LogP contribution is 2.10. The number of aromatic nitrogens is 1. The number of rotatable bonds is 7. The second-order valence-electron chi connectivity index (χ2n) is 6.27. The standard InChI is InChI=1S/C18H24N4O3/c1-13(2)9-10-22(18(24)19-15-7-5-4-6-8-15)12-17(23)20-16-11-14(3)25-21-16/h4-8,11,13H,9-10,12H2,1-3H3,(H,19,24)(H,20,21,23). The van der Waals surface area contributed by atoms with Crippen LogP contribution in [0.15, 0.2) is 40.9 Å². The first-order valence-electron chi connectivity index (χ1n) is 8.28. The first kappa shape index (κ1) is 18.5. The number of hydrogen-bond acceptors (Lipinski definition) is 4. The third-order valence-corrected chi connectivity index (χ3v) is 3.52. The molecule has 0 aliphatic heterocycles. The van der Waals surface area contributed by atoms with Crippen LogP contribution in [0.5, 0.6) is 0 Å². The summed E-state index contributed by atoms with van der Waals surface area (Å²) in [5, 5.41) is 9.17. The van der Waals surface area contributed by atoms with Crippen molar-refractivity contribution in [1.82, 2.24) is 10.1 Å². The molecule has 0 unspecified atom stereocenters. The van der Waals surface area contributed by atoms with Gasteiger partial charge >= 0.3 is 6.03 Å². The molecule has 0 bridgehead atoms. The monoisotopic (exact) mass is 344 g/mol. The van der Waals surface area contributed by atoms with Crippen molar-refractivity contribution in [3.8, 4) is 0 Å². The first-order chi connectivity index (χ1) is 11.9. The average Bonchev–Trinajstić information content (AvgIpc) is 2.97. The molecule has 0 fully saturated rings. The molecule has 0 spiro atoms. The van der Waals surface area contributed by atoms with Gasteiger partial charge in [-0.2, -0.15) is 0 Å². The maximum Gasteiger partial charge on any atom is 0.322 e. The zero-order valence-corrected chi connectivity index (χ0v) is 14.8. The van der Waals surface area contributed by atoms with Gasteiger partial charge in [-0.25, -0.2) is 4.79 Å². The molecule has 0 saturated heterocycles. The summed E-state index contributed by atoms with van der Waals surface area (Å²) >= 11 is 0. The average molecular weight is 344 g/mol. The molecule has 0 radical (unpaired) electrons. The van der Waals surface area contributed by atoms with Crippen molar-refractivity contribution in [2.45, 2.75) is 27.2 Å². The Bertz CT molecular complexity index is 697. The van der Waals surface area contributed by atoms with Crippen molar-refractivity contribution in [3.05, 3.63) is 42.2 Å². The number of benzene rings is 1. The van der Waals surface area contributed by atoms with Crippen LogP contribution in [-0.4, -0.2) is 35.1 Å². The minimum atomic E-state index is -0.319. The van der Waals surface area contributed by atoms with Crippen LogP contribution in [0.3, 0.4) is 0 Å². The highest BCUT2D eigenvalue weighted by molar-refractivity contribution is 5.96. The fourth-order valence-electron chi connectivity index (χ4n) is 2.17. The fraction of sp³-hybridized carbons (Fsp3) is 0.389. The quantitative estimate of drug-likeness (QED) is 0.805. The van der Waals surface area contributed by atoms with Gasteiger partial charge in [0, 0.05) is 18.3 Å². The van der Waals surface area contributed by atoms with Gasteiger partial charge in [-0.15, -0.1) is 0 Å². The molecule has 7 heteroatoms. The molecular weight excluding hydrogens is 320 g/mol. The summed E-state index contributed by atoms with van der Waals surface area (Å²) in [6.45, 7) is 6.32. The molecule has 134 valence electrons. The van der Waals surface area contributed by atoms with Crippen LogP contribution in [0.1, 0.15) is 26.0 Å². The van der Waals surface area contributed by atoms with E-state index in [1.807, 2.05) is 18.2 Å². The summed E-state index contributed by atoms with van der Waals surface area (Å²) in [6, 6.07) is 10.5. The molecule has 0 aliphatic carbocycles. The lowest BCUT2D eigenvalue weighted by Crippen LogP contribution is -2.41. The normalized spacial score (nSPS) is 10.6. The Balaban J connectivity index is 1.98. The molecule has 2 rings (SSSR count). The van der Waals surface area contributed by atoms with Crippen LogP contribution in [0.4, 0.5) is 16.3 Å². The van der Waals surface area contributed by atoms with Crippen LogP contribution < -0.4 is 10.6 Å². The van der Waals surface area contributed by atoms with Crippen molar-refractivity contribution >= 4 is 23.4 Å². The van der Waals surface area contributed by atoms with Gasteiger partial charge < -0.3 is 20.1 Å². The van der Waals surface area contributed by atoms with E-state index in [2.05, 4.69) is 29.6 Å².